The van der Waals surface area contributed by atoms with Crippen molar-refractivity contribution in [3.8, 4) is 23.7 Å². The van der Waals surface area contributed by atoms with Gasteiger partial charge in [0, 0.05) is 24.2 Å². The summed E-state index contributed by atoms with van der Waals surface area (Å²) in [4.78, 5) is 45.4. The summed E-state index contributed by atoms with van der Waals surface area (Å²) in [5.41, 5.74) is 3.89. The highest BCUT2D eigenvalue weighted by Gasteiger charge is 2.36. The van der Waals surface area contributed by atoms with Crippen molar-refractivity contribution in [2.24, 2.45) is 0 Å². The third-order valence-electron chi connectivity index (χ3n) is 7.87. The molecule has 0 spiro atoms. The number of carbonyl (C=O) groups is 2. The summed E-state index contributed by atoms with van der Waals surface area (Å²) in [6, 6.07) is 11.3. The van der Waals surface area contributed by atoms with Crippen molar-refractivity contribution in [1.82, 2.24) is 29.7 Å². The smallest absolute Gasteiger partial charge is 0.410 e. The van der Waals surface area contributed by atoms with Gasteiger partial charge in [0.1, 0.15) is 22.9 Å². The molecular formula is C36H40N6O4. The lowest BCUT2D eigenvalue weighted by molar-refractivity contribution is 0.0208. The lowest BCUT2D eigenvalue weighted by Gasteiger charge is -2.27. The first-order valence-corrected chi connectivity index (χ1v) is 15.8. The molecule has 2 aromatic carbocycles. The van der Waals surface area contributed by atoms with E-state index in [-0.39, 0.29) is 24.3 Å². The fourth-order valence-corrected chi connectivity index (χ4v) is 5.92. The Morgan fingerprint density at radius 1 is 0.717 bits per heavy atom. The number of fused-ring (bicyclic) bond motifs is 2. The molecule has 2 fully saturated rings. The molecule has 10 heteroatoms. The van der Waals surface area contributed by atoms with Crippen LogP contribution in [-0.4, -0.2) is 66.2 Å². The van der Waals surface area contributed by atoms with Crippen LogP contribution < -0.4 is 0 Å². The van der Waals surface area contributed by atoms with Gasteiger partial charge in [0.2, 0.25) is 0 Å². The maximum Gasteiger partial charge on any atom is 0.410 e. The lowest BCUT2D eigenvalue weighted by atomic mass is 10.2. The zero-order chi connectivity index (χ0) is 32.6. The lowest BCUT2D eigenvalue weighted by Crippen LogP contribution is -2.36. The van der Waals surface area contributed by atoms with Crippen LogP contribution in [0.15, 0.2) is 36.4 Å². The Labute approximate surface area is 269 Å². The van der Waals surface area contributed by atoms with E-state index in [4.69, 9.17) is 19.4 Å². The molecule has 0 aliphatic carbocycles. The average molecular weight is 621 g/mol. The van der Waals surface area contributed by atoms with Crippen molar-refractivity contribution in [3.63, 3.8) is 0 Å². The number of likely N-dealkylation sites (tertiary alicyclic amines) is 2. The van der Waals surface area contributed by atoms with E-state index in [2.05, 4.69) is 33.6 Å². The van der Waals surface area contributed by atoms with Crippen molar-refractivity contribution in [2.75, 3.05) is 13.1 Å². The summed E-state index contributed by atoms with van der Waals surface area (Å²) >= 11 is 0. The van der Waals surface area contributed by atoms with Crippen molar-refractivity contribution in [3.05, 3.63) is 59.2 Å². The molecular weight excluding hydrogens is 580 g/mol. The van der Waals surface area contributed by atoms with Gasteiger partial charge in [-0.15, -0.1) is 0 Å². The zero-order valence-electron chi connectivity index (χ0n) is 27.3. The second kappa shape index (κ2) is 12.1. The van der Waals surface area contributed by atoms with Gasteiger partial charge in [0.25, 0.3) is 0 Å². The second-order valence-corrected chi connectivity index (χ2v) is 13.9. The van der Waals surface area contributed by atoms with Crippen molar-refractivity contribution >= 4 is 34.3 Å². The molecule has 10 nitrogen and oxygen atoms in total. The van der Waals surface area contributed by atoms with Gasteiger partial charge < -0.3 is 19.4 Å². The molecule has 2 atom stereocenters. The fraction of sp³-hybridized carbons (Fsp3) is 0.444. The molecule has 2 unspecified atom stereocenters. The van der Waals surface area contributed by atoms with Crippen LogP contribution in [0.5, 0.6) is 0 Å². The number of hydrogen-bond donors (Lipinski definition) is 2. The number of H-pyrrole nitrogens is 2. The molecule has 6 rings (SSSR count). The highest BCUT2D eigenvalue weighted by molar-refractivity contribution is 5.79. The molecule has 2 aromatic heterocycles. The molecule has 0 radical (unpaired) electrons. The molecule has 4 heterocycles. The first-order valence-electron chi connectivity index (χ1n) is 15.8. The van der Waals surface area contributed by atoms with Crippen LogP contribution in [0, 0.1) is 23.7 Å². The molecule has 0 bridgehead atoms. The van der Waals surface area contributed by atoms with Gasteiger partial charge in [-0.3, -0.25) is 9.80 Å². The minimum Gasteiger partial charge on any atom is -0.444 e. The number of rotatable bonds is 2. The number of carbonyl (C=O) groups excluding carboxylic acids is 2. The number of ether oxygens (including phenoxy) is 2. The van der Waals surface area contributed by atoms with E-state index in [1.54, 1.807) is 9.80 Å². The van der Waals surface area contributed by atoms with Gasteiger partial charge >= 0.3 is 12.2 Å². The maximum atomic E-state index is 12.8. The molecule has 2 N–H and O–H groups in total. The third-order valence-corrected chi connectivity index (χ3v) is 7.87. The molecule has 2 aliphatic heterocycles. The van der Waals surface area contributed by atoms with Crippen molar-refractivity contribution < 1.29 is 19.1 Å². The standard InChI is InChI=1S/C36H40N6O4/c1-35(2,3)45-33(43)41-19-9-13-29(41)31-37-25-17-15-23(21-27(25)39-31)11-7-8-12-24-16-18-26-28(22-24)40-32(38-26)30-14-10-20-42(30)34(44)46-36(4,5)6/h15-18,21-22,29-30H,9-10,13-14,19-20H2,1-6H3,(H,37,39)(H,38,40). The number of nitrogens with one attached hydrogen (secondary N) is 2. The Hall–Kier alpha value is -4.96. The predicted octanol–water partition coefficient (Wildman–Crippen LogP) is 6.99. The average Bonchev–Trinajstić information content (AvgIpc) is 3.77. The van der Waals surface area contributed by atoms with Crippen molar-refractivity contribution in [1.29, 1.82) is 0 Å². The Morgan fingerprint density at radius 2 is 1.13 bits per heavy atom. The Kier molecular flexibility index (Phi) is 8.16. The Morgan fingerprint density at radius 3 is 1.52 bits per heavy atom. The number of hydrogen-bond acceptors (Lipinski definition) is 6. The van der Waals surface area contributed by atoms with Crippen LogP contribution >= 0.6 is 0 Å². The monoisotopic (exact) mass is 620 g/mol. The minimum absolute atomic E-state index is 0.145. The number of aromatic nitrogens is 4. The van der Waals surface area contributed by atoms with Crippen molar-refractivity contribution in [2.45, 2.75) is 90.5 Å². The fourth-order valence-electron chi connectivity index (χ4n) is 5.92. The topological polar surface area (TPSA) is 116 Å². The van der Waals surface area contributed by atoms with Gasteiger partial charge in [0.15, 0.2) is 0 Å². The van der Waals surface area contributed by atoms with Crippen LogP contribution in [-0.2, 0) is 9.47 Å². The summed E-state index contributed by atoms with van der Waals surface area (Å²) in [6.07, 6.45) is 2.84. The minimum atomic E-state index is -0.550. The van der Waals surface area contributed by atoms with E-state index in [1.165, 1.54) is 0 Å². The number of aromatic amines is 2. The molecule has 2 aliphatic rings. The van der Waals surface area contributed by atoms with Crippen LogP contribution in [0.1, 0.15) is 102 Å². The quantitative estimate of drug-likeness (QED) is 0.234. The van der Waals surface area contributed by atoms with Gasteiger partial charge in [-0.2, -0.15) is 0 Å². The largest absolute Gasteiger partial charge is 0.444 e. The highest BCUT2D eigenvalue weighted by atomic mass is 16.6. The van der Waals surface area contributed by atoms with Crippen LogP contribution in [0.3, 0.4) is 0 Å². The van der Waals surface area contributed by atoms with Crippen LogP contribution in [0.4, 0.5) is 9.59 Å². The maximum absolute atomic E-state index is 12.8. The van der Waals surface area contributed by atoms with Gasteiger partial charge in [0.05, 0.1) is 34.2 Å². The number of benzene rings is 2. The van der Waals surface area contributed by atoms with Crippen LogP contribution in [0.2, 0.25) is 0 Å². The summed E-state index contributed by atoms with van der Waals surface area (Å²) in [7, 11) is 0. The van der Waals surface area contributed by atoms with E-state index in [9.17, 15) is 9.59 Å². The Bertz CT molecular complexity index is 1780. The summed E-state index contributed by atoms with van der Waals surface area (Å²) in [5, 5.41) is 0. The Balaban J connectivity index is 1.14. The summed E-state index contributed by atoms with van der Waals surface area (Å²) < 4.78 is 11.2. The number of nitrogens with zero attached hydrogens (tertiary/aromatic N) is 4. The molecule has 46 heavy (non-hydrogen) atoms. The summed E-state index contributed by atoms with van der Waals surface area (Å²) in [6.45, 7) is 12.5. The first-order chi connectivity index (χ1) is 21.8. The van der Waals surface area contributed by atoms with Gasteiger partial charge in [-0.1, -0.05) is 11.8 Å². The molecule has 238 valence electrons. The van der Waals surface area contributed by atoms with Gasteiger partial charge in [-0.05, 0) is 115 Å². The first kappa shape index (κ1) is 31.0. The highest BCUT2D eigenvalue weighted by Crippen LogP contribution is 2.34. The van der Waals surface area contributed by atoms with Gasteiger partial charge in [-0.25, -0.2) is 19.6 Å². The third kappa shape index (κ3) is 6.97. The number of amides is 2. The number of imidazole rings is 2. The molecule has 0 saturated carbocycles. The van der Waals surface area contributed by atoms with E-state index in [0.717, 1.165) is 70.5 Å². The van der Waals surface area contributed by atoms with Crippen LogP contribution in [0.25, 0.3) is 22.1 Å². The van der Waals surface area contributed by atoms with E-state index >= 15 is 0 Å². The second-order valence-electron chi connectivity index (χ2n) is 13.9. The van der Waals surface area contributed by atoms with E-state index in [0.29, 0.717) is 13.1 Å². The molecule has 2 amide bonds. The summed E-state index contributed by atoms with van der Waals surface area (Å²) in [5.74, 6) is 13.7. The SMILES string of the molecule is CC(C)(C)OC(=O)N1CCCC1c1nc2ccc(C#CC#Cc3ccc4nc(C5CCCN5C(=O)OC(C)(C)C)[nH]c4c3)cc2[nH]1. The molecule has 4 aromatic rings. The normalized spacial score (nSPS) is 18.3. The molecule has 2 saturated heterocycles. The zero-order valence-corrected chi connectivity index (χ0v) is 27.3. The predicted molar refractivity (Wildman–Crippen MR) is 176 cm³/mol. The van der Waals surface area contributed by atoms with E-state index < -0.39 is 11.2 Å². The van der Waals surface area contributed by atoms with E-state index in [1.807, 2.05) is 77.9 Å².